The molecule has 1 atom stereocenters. The molecule has 0 radical (unpaired) electrons. The van der Waals surface area contributed by atoms with Crippen molar-refractivity contribution < 1.29 is 9.47 Å². The van der Waals surface area contributed by atoms with E-state index in [0.29, 0.717) is 6.61 Å². The molecule has 0 unspecified atom stereocenters. The van der Waals surface area contributed by atoms with Gasteiger partial charge in [-0.1, -0.05) is 30.3 Å². The van der Waals surface area contributed by atoms with Crippen LogP contribution >= 0.6 is 0 Å². The number of methoxy groups -OCH3 is 2. The highest BCUT2D eigenvalue weighted by Crippen LogP contribution is 2.06. The molecule has 0 spiro atoms. The number of hydrogen-bond donors (Lipinski definition) is 0. The summed E-state index contributed by atoms with van der Waals surface area (Å²) < 4.78 is 10.3. The van der Waals surface area contributed by atoms with E-state index in [-0.39, 0.29) is 6.10 Å². The summed E-state index contributed by atoms with van der Waals surface area (Å²) in [6.07, 6.45) is 2.26. The van der Waals surface area contributed by atoms with Crippen LogP contribution in [0.15, 0.2) is 30.3 Å². The lowest BCUT2D eigenvalue weighted by atomic mass is 10.1. The third-order valence-corrected chi connectivity index (χ3v) is 2.28. The average Bonchev–Trinajstić information content (AvgIpc) is 2.25. The molecular formula is C12H18O2. The molecule has 1 aromatic carbocycles. The molecule has 78 valence electrons. The molecule has 0 fully saturated rings. The Labute approximate surface area is 85.8 Å². The maximum atomic E-state index is 5.29. The topological polar surface area (TPSA) is 18.5 Å². The molecule has 1 aromatic rings. The molecule has 0 aliphatic carbocycles. The minimum Gasteiger partial charge on any atom is -0.382 e. The van der Waals surface area contributed by atoms with E-state index in [1.54, 1.807) is 14.2 Å². The van der Waals surface area contributed by atoms with Crippen molar-refractivity contribution >= 4 is 0 Å². The molecule has 0 N–H and O–H groups in total. The second-order valence-corrected chi connectivity index (χ2v) is 3.34. The van der Waals surface area contributed by atoms with E-state index in [1.807, 2.05) is 6.07 Å². The third kappa shape index (κ3) is 3.90. The van der Waals surface area contributed by atoms with Gasteiger partial charge in [-0.2, -0.15) is 0 Å². The van der Waals surface area contributed by atoms with Crippen LogP contribution in [0.4, 0.5) is 0 Å². The van der Waals surface area contributed by atoms with Crippen molar-refractivity contribution in [1.29, 1.82) is 0 Å². The van der Waals surface area contributed by atoms with Crippen LogP contribution in [0.1, 0.15) is 12.0 Å². The van der Waals surface area contributed by atoms with E-state index in [0.717, 1.165) is 12.8 Å². The number of aryl methyl sites for hydroxylation is 1. The monoisotopic (exact) mass is 194 g/mol. The fourth-order valence-corrected chi connectivity index (χ4v) is 1.43. The second kappa shape index (κ2) is 6.57. The number of ether oxygens (including phenoxy) is 2. The Kier molecular flexibility index (Phi) is 5.27. The number of hydrogen-bond acceptors (Lipinski definition) is 2. The maximum absolute atomic E-state index is 5.29. The lowest BCUT2D eigenvalue weighted by Crippen LogP contribution is -2.17. The lowest BCUT2D eigenvalue weighted by molar-refractivity contribution is 0.0238. The van der Waals surface area contributed by atoms with Crippen LogP contribution < -0.4 is 0 Å². The van der Waals surface area contributed by atoms with Crippen LogP contribution in [-0.4, -0.2) is 26.9 Å². The van der Waals surface area contributed by atoms with Gasteiger partial charge in [-0.05, 0) is 18.4 Å². The van der Waals surface area contributed by atoms with Crippen LogP contribution in [0.25, 0.3) is 0 Å². The van der Waals surface area contributed by atoms with Crippen molar-refractivity contribution in [3.8, 4) is 0 Å². The highest BCUT2D eigenvalue weighted by Gasteiger charge is 2.06. The minimum absolute atomic E-state index is 0.209. The van der Waals surface area contributed by atoms with Crippen LogP contribution in [0.2, 0.25) is 0 Å². The molecule has 0 heterocycles. The highest BCUT2D eigenvalue weighted by atomic mass is 16.5. The smallest absolute Gasteiger partial charge is 0.0807 e. The van der Waals surface area contributed by atoms with Gasteiger partial charge in [0.25, 0.3) is 0 Å². The largest absolute Gasteiger partial charge is 0.382 e. The first kappa shape index (κ1) is 11.2. The zero-order valence-corrected chi connectivity index (χ0v) is 8.90. The molecule has 14 heavy (non-hydrogen) atoms. The summed E-state index contributed by atoms with van der Waals surface area (Å²) >= 11 is 0. The van der Waals surface area contributed by atoms with Crippen LogP contribution in [0, 0.1) is 0 Å². The van der Waals surface area contributed by atoms with Crippen molar-refractivity contribution in [2.75, 3.05) is 20.8 Å². The van der Waals surface area contributed by atoms with Gasteiger partial charge < -0.3 is 9.47 Å². The maximum Gasteiger partial charge on any atom is 0.0807 e. The molecule has 1 rings (SSSR count). The van der Waals surface area contributed by atoms with Crippen LogP contribution in [0.5, 0.6) is 0 Å². The standard InChI is InChI=1S/C12H18O2/c1-13-10-12(14-2)9-8-11-6-4-3-5-7-11/h3-7,12H,8-10H2,1-2H3/t12-/m0/s1. The van der Waals surface area contributed by atoms with Gasteiger partial charge in [0.2, 0.25) is 0 Å². The quantitative estimate of drug-likeness (QED) is 0.691. The zero-order valence-electron chi connectivity index (χ0n) is 8.90. The Balaban J connectivity index is 2.32. The first-order valence-electron chi connectivity index (χ1n) is 4.92. The Hall–Kier alpha value is -0.860. The van der Waals surface area contributed by atoms with Gasteiger partial charge in [0.05, 0.1) is 12.7 Å². The second-order valence-electron chi connectivity index (χ2n) is 3.34. The third-order valence-electron chi connectivity index (χ3n) is 2.28. The average molecular weight is 194 g/mol. The molecular weight excluding hydrogens is 176 g/mol. The predicted octanol–water partition coefficient (Wildman–Crippen LogP) is 2.28. The molecule has 0 saturated heterocycles. The highest BCUT2D eigenvalue weighted by molar-refractivity contribution is 5.14. The van der Waals surface area contributed by atoms with E-state index >= 15 is 0 Å². The van der Waals surface area contributed by atoms with Gasteiger partial charge in [-0.25, -0.2) is 0 Å². The van der Waals surface area contributed by atoms with Crippen LogP contribution in [0.3, 0.4) is 0 Å². The van der Waals surface area contributed by atoms with E-state index in [9.17, 15) is 0 Å². The van der Waals surface area contributed by atoms with Gasteiger partial charge in [-0.3, -0.25) is 0 Å². The van der Waals surface area contributed by atoms with Crippen molar-refractivity contribution in [2.24, 2.45) is 0 Å². The molecule has 0 aliphatic heterocycles. The Bertz CT molecular complexity index is 233. The molecule has 2 nitrogen and oxygen atoms in total. The summed E-state index contributed by atoms with van der Waals surface area (Å²) in [6.45, 7) is 0.670. The molecule has 0 aliphatic rings. The van der Waals surface area contributed by atoms with Crippen LogP contribution in [-0.2, 0) is 15.9 Å². The van der Waals surface area contributed by atoms with Gasteiger partial charge in [0.1, 0.15) is 0 Å². The fraction of sp³-hybridized carbons (Fsp3) is 0.500. The molecule has 2 heteroatoms. The molecule has 0 bridgehead atoms. The minimum atomic E-state index is 0.209. The molecule has 0 saturated carbocycles. The summed E-state index contributed by atoms with van der Waals surface area (Å²) in [7, 11) is 3.43. The number of benzene rings is 1. The fourth-order valence-electron chi connectivity index (χ4n) is 1.43. The van der Waals surface area contributed by atoms with Crippen molar-refractivity contribution in [2.45, 2.75) is 18.9 Å². The summed E-state index contributed by atoms with van der Waals surface area (Å²) in [5, 5.41) is 0. The first-order chi connectivity index (χ1) is 6.86. The Morgan fingerprint density at radius 2 is 1.86 bits per heavy atom. The summed E-state index contributed by atoms with van der Waals surface area (Å²) in [6, 6.07) is 10.4. The van der Waals surface area contributed by atoms with Crippen molar-refractivity contribution in [3.05, 3.63) is 35.9 Å². The van der Waals surface area contributed by atoms with E-state index in [2.05, 4.69) is 24.3 Å². The summed E-state index contributed by atoms with van der Waals surface area (Å²) in [5.41, 5.74) is 1.35. The normalized spacial score (nSPS) is 12.7. The predicted molar refractivity (Wildman–Crippen MR) is 57.4 cm³/mol. The van der Waals surface area contributed by atoms with Crippen molar-refractivity contribution in [3.63, 3.8) is 0 Å². The Morgan fingerprint density at radius 1 is 1.14 bits per heavy atom. The van der Waals surface area contributed by atoms with Gasteiger partial charge in [0.15, 0.2) is 0 Å². The SMILES string of the molecule is COC[C@H](CCc1ccccc1)OC. The van der Waals surface area contributed by atoms with Crippen molar-refractivity contribution in [1.82, 2.24) is 0 Å². The zero-order chi connectivity index (χ0) is 10.2. The molecule has 0 amide bonds. The van der Waals surface area contributed by atoms with Gasteiger partial charge in [-0.15, -0.1) is 0 Å². The van der Waals surface area contributed by atoms with E-state index < -0.39 is 0 Å². The Morgan fingerprint density at radius 3 is 2.43 bits per heavy atom. The first-order valence-corrected chi connectivity index (χ1v) is 4.92. The molecule has 0 aromatic heterocycles. The summed E-state index contributed by atoms with van der Waals surface area (Å²) in [4.78, 5) is 0. The summed E-state index contributed by atoms with van der Waals surface area (Å²) in [5.74, 6) is 0. The lowest BCUT2D eigenvalue weighted by Gasteiger charge is -2.13. The van der Waals surface area contributed by atoms with E-state index in [1.165, 1.54) is 5.56 Å². The van der Waals surface area contributed by atoms with Gasteiger partial charge >= 0.3 is 0 Å². The van der Waals surface area contributed by atoms with Gasteiger partial charge in [0, 0.05) is 14.2 Å². The number of rotatable bonds is 6. The van der Waals surface area contributed by atoms with E-state index in [4.69, 9.17) is 9.47 Å².